The van der Waals surface area contributed by atoms with Crippen LogP contribution in [-0.2, 0) is 14.8 Å². The van der Waals surface area contributed by atoms with E-state index in [4.69, 9.17) is 4.74 Å². The minimum absolute atomic E-state index is 0.0278. The van der Waals surface area contributed by atoms with Gasteiger partial charge in [-0.05, 0) is 26.3 Å². The van der Waals surface area contributed by atoms with Crippen LogP contribution >= 0.6 is 0 Å². The monoisotopic (exact) mass is 236 g/mol. The lowest BCUT2D eigenvalue weighted by molar-refractivity contribution is 0.136. The maximum atomic E-state index is 11.6. The van der Waals surface area contributed by atoms with Gasteiger partial charge in [0.05, 0.1) is 11.9 Å². The van der Waals surface area contributed by atoms with Gasteiger partial charge in [0.15, 0.2) is 0 Å². The van der Waals surface area contributed by atoms with Crippen LogP contribution in [0, 0.1) is 0 Å². The first kappa shape index (κ1) is 12.9. The molecule has 1 fully saturated rings. The van der Waals surface area contributed by atoms with Crippen molar-refractivity contribution >= 4 is 10.0 Å². The molecular weight excluding hydrogens is 216 g/mol. The molecule has 0 aromatic carbocycles. The van der Waals surface area contributed by atoms with Crippen LogP contribution in [0.15, 0.2) is 0 Å². The van der Waals surface area contributed by atoms with E-state index in [1.807, 2.05) is 0 Å². The second-order valence-electron chi connectivity index (χ2n) is 3.99. The molecule has 1 heterocycles. The van der Waals surface area contributed by atoms with Crippen molar-refractivity contribution in [1.29, 1.82) is 0 Å². The van der Waals surface area contributed by atoms with E-state index in [1.54, 1.807) is 6.92 Å². The third-order valence-corrected chi connectivity index (χ3v) is 4.10. The Kier molecular flexibility index (Phi) is 4.98. The Balaban J connectivity index is 2.40. The van der Waals surface area contributed by atoms with Gasteiger partial charge >= 0.3 is 0 Å². The molecule has 1 saturated heterocycles. The van der Waals surface area contributed by atoms with Crippen LogP contribution in [0.1, 0.15) is 19.8 Å². The molecule has 0 bridgehead atoms. The highest BCUT2D eigenvalue weighted by molar-refractivity contribution is 7.89. The summed E-state index contributed by atoms with van der Waals surface area (Å²) < 4.78 is 30.9. The fourth-order valence-corrected chi connectivity index (χ4v) is 3.19. The fraction of sp³-hybridized carbons (Fsp3) is 1.00. The van der Waals surface area contributed by atoms with Crippen LogP contribution < -0.4 is 10.0 Å². The Bertz CT molecular complexity index is 273. The molecule has 0 aliphatic carbocycles. The smallest absolute Gasteiger partial charge is 0.214 e. The average Bonchev–Trinajstić information content (AvgIpc) is 2.17. The summed E-state index contributed by atoms with van der Waals surface area (Å²) in [7, 11) is -1.69. The Hall–Kier alpha value is -0.170. The molecule has 1 aliphatic rings. The van der Waals surface area contributed by atoms with Crippen molar-refractivity contribution in [2.24, 2.45) is 0 Å². The zero-order chi connectivity index (χ0) is 11.3. The van der Waals surface area contributed by atoms with E-state index >= 15 is 0 Å². The van der Waals surface area contributed by atoms with Crippen LogP contribution in [0.3, 0.4) is 0 Å². The largest absolute Gasteiger partial charge is 0.381 e. The highest BCUT2D eigenvalue weighted by atomic mass is 32.2. The van der Waals surface area contributed by atoms with Crippen molar-refractivity contribution in [2.45, 2.75) is 31.9 Å². The van der Waals surface area contributed by atoms with Crippen LogP contribution in [0.2, 0.25) is 0 Å². The predicted molar refractivity (Wildman–Crippen MR) is 59.3 cm³/mol. The summed E-state index contributed by atoms with van der Waals surface area (Å²) in [6, 6.07) is 0.0350. The van der Waals surface area contributed by atoms with Gasteiger partial charge in [0.2, 0.25) is 10.0 Å². The van der Waals surface area contributed by atoms with E-state index in [1.165, 1.54) is 7.11 Å². The molecule has 1 unspecified atom stereocenters. The quantitative estimate of drug-likeness (QED) is 0.687. The highest BCUT2D eigenvalue weighted by Gasteiger charge is 2.21. The van der Waals surface area contributed by atoms with E-state index in [9.17, 15) is 8.42 Å². The van der Waals surface area contributed by atoms with E-state index in [-0.39, 0.29) is 17.9 Å². The number of ether oxygens (including phenoxy) is 1. The van der Waals surface area contributed by atoms with Gasteiger partial charge in [0.25, 0.3) is 0 Å². The van der Waals surface area contributed by atoms with Crippen LogP contribution in [0.5, 0.6) is 0 Å². The molecule has 5 nitrogen and oxygen atoms in total. The normalized spacial score (nSPS) is 25.1. The molecule has 0 amide bonds. The molecule has 6 heteroatoms. The van der Waals surface area contributed by atoms with Gasteiger partial charge < -0.3 is 10.1 Å². The topological polar surface area (TPSA) is 67.4 Å². The van der Waals surface area contributed by atoms with Gasteiger partial charge in [0.1, 0.15) is 0 Å². The van der Waals surface area contributed by atoms with Crippen LogP contribution in [0.4, 0.5) is 0 Å². The SMILES string of the molecule is COC(C)CS(=O)(=O)N[C@H]1CCCNC1. The number of nitrogens with one attached hydrogen (secondary N) is 2. The molecule has 2 atom stereocenters. The van der Waals surface area contributed by atoms with Crippen molar-refractivity contribution in [3.63, 3.8) is 0 Å². The minimum atomic E-state index is -3.21. The molecule has 15 heavy (non-hydrogen) atoms. The molecule has 2 N–H and O–H groups in total. The number of sulfonamides is 1. The summed E-state index contributed by atoms with van der Waals surface area (Å²) in [5.41, 5.74) is 0. The number of methoxy groups -OCH3 is 1. The van der Waals surface area contributed by atoms with Crippen LogP contribution in [0.25, 0.3) is 0 Å². The summed E-state index contributed by atoms with van der Waals surface area (Å²) in [5.74, 6) is 0.0278. The van der Waals surface area contributed by atoms with E-state index in [2.05, 4.69) is 10.0 Å². The molecule has 1 aliphatic heterocycles. The number of rotatable bonds is 5. The van der Waals surface area contributed by atoms with Crippen molar-refractivity contribution in [3.05, 3.63) is 0 Å². The maximum Gasteiger partial charge on any atom is 0.214 e. The predicted octanol–water partition coefficient (Wildman–Crippen LogP) is -0.307. The molecular formula is C9H20N2O3S. The standard InChI is InChI=1S/C9H20N2O3S/c1-8(14-2)7-15(12,13)11-9-4-3-5-10-6-9/h8-11H,3-7H2,1-2H3/t8?,9-/m0/s1. The third kappa shape index (κ3) is 4.92. The summed E-state index contributed by atoms with van der Waals surface area (Å²) in [6.45, 7) is 3.45. The lowest BCUT2D eigenvalue weighted by atomic mass is 10.1. The number of hydrogen-bond acceptors (Lipinski definition) is 4. The van der Waals surface area contributed by atoms with Crippen molar-refractivity contribution in [1.82, 2.24) is 10.0 Å². The van der Waals surface area contributed by atoms with Crippen molar-refractivity contribution in [2.75, 3.05) is 26.0 Å². The minimum Gasteiger partial charge on any atom is -0.381 e. The molecule has 0 aromatic heterocycles. The van der Waals surface area contributed by atoms with E-state index in [0.717, 1.165) is 25.9 Å². The summed E-state index contributed by atoms with van der Waals surface area (Å²) in [5, 5.41) is 3.17. The molecule has 0 saturated carbocycles. The zero-order valence-electron chi connectivity index (χ0n) is 9.32. The summed E-state index contributed by atoms with van der Waals surface area (Å²) in [6.07, 6.45) is 1.67. The fourth-order valence-electron chi connectivity index (χ4n) is 1.63. The zero-order valence-corrected chi connectivity index (χ0v) is 10.1. The Labute approximate surface area is 91.6 Å². The lowest BCUT2D eigenvalue weighted by Crippen LogP contribution is -2.47. The van der Waals surface area contributed by atoms with Crippen molar-refractivity contribution < 1.29 is 13.2 Å². The van der Waals surface area contributed by atoms with E-state index < -0.39 is 10.0 Å². The van der Waals surface area contributed by atoms with Gasteiger partial charge in [-0.15, -0.1) is 0 Å². The second-order valence-corrected chi connectivity index (χ2v) is 5.79. The van der Waals surface area contributed by atoms with Gasteiger partial charge in [-0.25, -0.2) is 13.1 Å². The molecule has 1 rings (SSSR count). The van der Waals surface area contributed by atoms with Gasteiger partial charge in [0, 0.05) is 19.7 Å². The first-order valence-electron chi connectivity index (χ1n) is 5.27. The number of piperidine rings is 1. The second kappa shape index (κ2) is 5.79. The Morgan fingerprint density at radius 2 is 2.33 bits per heavy atom. The summed E-state index contributed by atoms with van der Waals surface area (Å²) >= 11 is 0. The highest BCUT2D eigenvalue weighted by Crippen LogP contribution is 2.04. The summed E-state index contributed by atoms with van der Waals surface area (Å²) in [4.78, 5) is 0. The van der Waals surface area contributed by atoms with E-state index in [0.29, 0.717) is 0 Å². The first-order valence-corrected chi connectivity index (χ1v) is 6.92. The Morgan fingerprint density at radius 3 is 2.87 bits per heavy atom. The number of hydrogen-bond donors (Lipinski definition) is 2. The average molecular weight is 236 g/mol. The molecule has 0 spiro atoms. The third-order valence-electron chi connectivity index (χ3n) is 2.50. The molecule has 90 valence electrons. The lowest BCUT2D eigenvalue weighted by Gasteiger charge is -2.24. The Morgan fingerprint density at radius 1 is 1.60 bits per heavy atom. The first-order chi connectivity index (χ1) is 7.03. The van der Waals surface area contributed by atoms with Gasteiger partial charge in [-0.1, -0.05) is 0 Å². The van der Waals surface area contributed by atoms with Crippen LogP contribution in [-0.4, -0.2) is 46.5 Å². The molecule has 0 radical (unpaired) electrons. The van der Waals surface area contributed by atoms with Gasteiger partial charge in [-0.2, -0.15) is 0 Å². The molecule has 0 aromatic rings. The maximum absolute atomic E-state index is 11.6. The van der Waals surface area contributed by atoms with Crippen molar-refractivity contribution in [3.8, 4) is 0 Å². The van der Waals surface area contributed by atoms with Gasteiger partial charge in [-0.3, -0.25) is 0 Å².